The summed E-state index contributed by atoms with van der Waals surface area (Å²) >= 11 is 0. The number of aliphatic carboxylic acids is 1. The van der Waals surface area contributed by atoms with Crippen LogP contribution in [0, 0.1) is 0 Å². The zero-order valence-electron chi connectivity index (χ0n) is 10.8. The second-order valence-corrected chi connectivity index (χ2v) is 5.81. The maximum Gasteiger partial charge on any atom is 0.401 e. The molecule has 1 unspecified atom stereocenters. The number of nitrogens with zero attached hydrogens (tertiary/aromatic N) is 1. The Kier molecular flexibility index (Phi) is 3.79. The van der Waals surface area contributed by atoms with E-state index in [0.29, 0.717) is 0 Å². The monoisotopic (exact) mass is 280 g/mol. The van der Waals surface area contributed by atoms with E-state index >= 15 is 0 Å². The minimum absolute atomic E-state index is 0.108. The third kappa shape index (κ3) is 4.35. The van der Waals surface area contributed by atoms with Crippen molar-refractivity contribution in [3.8, 4) is 0 Å². The highest BCUT2D eigenvalue weighted by Crippen LogP contribution is 2.32. The van der Waals surface area contributed by atoms with Gasteiger partial charge >= 0.3 is 12.1 Å². The molecule has 2 aliphatic rings. The predicted octanol–water partition coefficient (Wildman–Crippen LogP) is 1.61. The number of halogens is 3. The zero-order valence-corrected chi connectivity index (χ0v) is 10.8. The van der Waals surface area contributed by atoms with Gasteiger partial charge in [0.15, 0.2) is 0 Å². The first-order valence-electron chi connectivity index (χ1n) is 6.51. The van der Waals surface area contributed by atoms with Gasteiger partial charge in [0.2, 0.25) is 0 Å². The number of rotatable bonds is 7. The minimum atomic E-state index is -4.29. The molecule has 110 valence electrons. The highest BCUT2D eigenvalue weighted by molar-refractivity contribution is 5.78. The number of carboxylic acid groups (broad SMARTS) is 1. The van der Waals surface area contributed by atoms with Crippen LogP contribution in [0.4, 0.5) is 13.2 Å². The standard InChI is InChI=1S/C12H19F3N2O2/c1-11(10(18)19,16-8-2-3-8)6-17(9-4-5-9)7-12(13,14)15/h8-9,16H,2-7H2,1H3,(H,18,19). The van der Waals surface area contributed by atoms with Gasteiger partial charge in [-0.25, -0.2) is 0 Å². The molecule has 0 aromatic carbocycles. The Morgan fingerprint density at radius 2 is 1.84 bits per heavy atom. The molecule has 2 aliphatic carbocycles. The van der Waals surface area contributed by atoms with E-state index in [0.717, 1.165) is 25.7 Å². The quantitative estimate of drug-likeness (QED) is 0.744. The van der Waals surface area contributed by atoms with E-state index < -0.39 is 24.2 Å². The van der Waals surface area contributed by atoms with Crippen molar-refractivity contribution in [2.24, 2.45) is 0 Å². The van der Waals surface area contributed by atoms with Gasteiger partial charge in [0.05, 0.1) is 6.54 Å². The van der Waals surface area contributed by atoms with E-state index in [2.05, 4.69) is 5.32 Å². The lowest BCUT2D eigenvalue weighted by molar-refractivity contribution is -0.156. The normalized spacial score (nSPS) is 23.4. The summed E-state index contributed by atoms with van der Waals surface area (Å²) in [5, 5.41) is 12.2. The molecule has 0 radical (unpaired) electrons. The molecule has 2 fully saturated rings. The van der Waals surface area contributed by atoms with Crippen molar-refractivity contribution in [3.05, 3.63) is 0 Å². The molecule has 2 rings (SSSR count). The van der Waals surface area contributed by atoms with Crippen LogP contribution in [0.5, 0.6) is 0 Å². The molecule has 4 nitrogen and oxygen atoms in total. The fourth-order valence-electron chi connectivity index (χ4n) is 2.24. The molecule has 1 atom stereocenters. The highest BCUT2D eigenvalue weighted by atomic mass is 19.4. The van der Waals surface area contributed by atoms with Gasteiger partial charge in [0.1, 0.15) is 5.54 Å². The zero-order chi connectivity index (χ0) is 14.3. The van der Waals surface area contributed by atoms with Crippen molar-refractivity contribution in [3.63, 3.8) is 0 Å². The summed E-state index contributed by atoms with van der Waals surface area (Å²) in [6, 6.07) is 0.00865. The average Bonchev–Trinajstić information content (AvgIpc) is 3.09. The van der Waals surface area contributed by atoms with Crippen LogP contribution < -0.4 is 5.32 Å². The maximum atomic E-state index is 12.5. The summed E-state index contributed by atoms with van der Waals surface area (Å²) in [6.45, 7) is 0.329. The Labute approximate surface area is 110 Å². The van der Waals surface area contributed by atoms with Crippen LogP contribution >= 0.6 is 0 Å². The molecule has 2 N–H and O–H groups in total. The van der Waals surface area contributed by atoms with Gasteiger partial charge in [-0.05, 0) is 32.6 Å². The van der Waals surface area contributed by atoms with Crippen LogP contribution in [0.2, 0.25) is 0 Å². The van der Waals surface area contributed by atoms with Crippen LogP contribution in [0.1, 0.15) is 32.6 Å². The van der Waals surface area contributed by atoms with Gasteiger partial charge < -0.3 is 5.11 Å². The number of alkyl halides is 3. The van der Waals surface area contributed by atoms with Crippen LogP contribution in [0.25, 0.3) is 0 Å². The van der Waals surface area contributed by atoms with Gasteiger partial charge in [0, 0.05) is 18.6 Å². The fraction of sp³-hybridized carbons (Fsp3) is 0.917. The molecular formula is C12H19F3N2O2. The van der Waals surface area contributed by atoms with Gasteiger partial charge in [-0.3, -0.25) is 15.0 Å². The van der Waals surface area contributed by atoms with E-state index in [1.165, 1.54) is 11.8 Å². The summed E-state index contributed by atoms with van der Waals surface area (Å²) < 4.78 is 37.6. The molecule has 7 heteroatoms. The minimum Gasteiger partial charge on any atom is -0.480 e. The van der Waals surface area contributed by atoms with Gasteiger partial charge in [-0.1, -0.05) is 0 Å². The summed E-state index contributed by atoms with van der Waals surface area (Å²) in [4.78, 5) is 12.6. The first-order valence-corrected chi connectivity index (χ1v) is 6.51. The topological polar surface area (TPSA) is 52.6 Å². The summed E-state index contributed by atoms with van der Waals surface area (Å²) in [7, 11) is 0. The Morgan fingerprint density at radius 1 is 1.26 bits per heavy atom. The largest absolute Gasteiger partial charge is 0.480 e. The Hall–Kier alpha value is -0.820. The van der Waals surface area contributed by atoms with Crippen LogP contribution in [0.3, 0.4) is 0 Å². The SMILES string of the molecule is CC(CN(CC(F)(F)F)C1CC1)(NC1CC1)C(=O)O. The van der Waals surface area contributed by atoms with Crippen molar-refractivity contribution in [1.29, 1.82) is 0 Å². The van der Waals surface area contributed by atoms with Crippen LogP contribution in [-0.2, 0) is 4.79 Å². The van der Waals surface area contributed by atoms with Crippen molar-refractivity contribution < 1.29 is 23.1 Å². The molecule has 0 aromatic heterocycles. The molecule has 0 heterocycles. The molecule has 19 heavy (non-hydrogen) atoms. The molecule has 2 saturated carbocycles. The number of carbonyl (C=O) groups is 1. The van der Waals surface area contributed by atoms with Crippen LogP contribution in [-0.4, -0.2) is 52.9 Å². The number of nitrogens with one attached hydrogen (secondary N) is 1. The van der Waals surface area contributed by atoms with E-state index in [1.807, 2.05) is 0 Å². The van der Waals surface area contributed by atoms with Crippen molar-refractivity contribution >= 4 is 5.97 Å². The van der Waals surface area contributed by atoms with E-state index in [1.54, 1.807) is 0 Å². The van der Waals surface area contributed by atoms with E-state index in [9.17, 15) is 23.1 Å². The Morgan fingerprint density at radius 3 is 2.21 bits per heavy atom. The molecule has 0 amide bonds. The smallest absolute Gasteiger partial charge is 0.401 e. The summed E-state index contributed by atoms with van der Waals surface area (Å²) in [5.74, 6) is -1.09. The second kappa shape index (κ2) is 4.94. The predicted molar refractivity (Wildman–Crippen MR) is 62.8 cm³/mol. The molecular weight excluding hydrogens is 261 g/mol. The third-order valence-corrected chi connectivity index (χ3v) is 3.54. The lowest BCUT2D eigenvalue weighted by atomic mass is 10.0. The molecule has 0 bridgehead atoms. The fourth-order valence-corrected chi connectivity index (χ4v) is 2.24. The van der Waals surface area contributed by atoms with Gasteiger partial charge in [0.25, 0.3) is 0 Å². The first-order chi connectivity index (χ1) is 8.70. The summed E-state index contributed by atoms with van der Waals surface area (Å²) in [6.07, 6.45) is -1.07. The third-order valence-electron chi connectivity index (χ3n) is 3.54. The highest BCUT2D eigenvalue weighted by Gasteiger charge is 2.45. The Bertz CT molecular complexity index is 353. The Balaban J connectivity index is 2.01. The van der Waals surface area contributed by atoms with Crippen LogP contribution in [0.15, 0.2) is 0 Å². The van der Waals surface area contributed by atoms with Crippen molar-refractivity contribution in [1.82, 2.24) is 10.2 Å². The molecule has 0 spiro atoms. The van der Waals surface area contributed by atoms with Crippen molar-refractivity contribution in [2.45, 2.75) is 56.4 Å². The number of carboxylic acids is 1. The van der Waals surface area contributed by atoms with Gasteiger partial charge in [-0.2, -0.15) is 13.2 Å². The average molecular weight is 280 g/mol. The number of hydrogen-bond acceptors (Lipinski definition) is 3. The summed E-state index contributed by atoms with van der Waals surface area (Å²) in [5.41, 5.74) is -1.31. The molecule has 0 aliphatic heterocycles. The molecule has 0 aromatic rings. The number of hydrogen-bond donors (Lipinski definition) is 2. The van der Waals surface area contributed by atoms with Gasteiger partial charge in [-0.15, -0.1) is 0 Å². The van der Waals surface area contributed by atoms with E-state index in [4.69, 9.17) is 0 Å². The van der Waals surface area contributed by atoms with E-state index in [-0.39, 0.29) is 18.6 Å². The lowest BCUT2D eigenvalue weighted by Crippen LogP contribution is -2.59. The lowest BCUT2D eigenvalue weighted by Gasteiger charge is -2.33. The molecule has 0 saturated heterocycles. The first kappa shape index (κ1) is 14.6. The maximum absolute atomic E-state index is 12.5. The second-order valence-electron chi connectivity index (χ2n) is 5.81. The van der Waals surface area contributed by atoms with Crippen molar-refractivity contribution in [2.75, 3.05) is 13.1 Å².